The molecule has 2 atom stereocenters. The summed E-state index contributed by atoms with van der Waals surface area (Å²) in [6.07, 6.45) is -0.622. The van der Waals surface area contributed by atoms with Crippen molar-refractivity contribution in [2.24, 2.45) is 5.73 Å². The molecule has 0 aromatic heterocycles. The van der Waals surface area contributed by atoms with E-state index in [1.807, 2.05) is 6.07 Å². The number of rotatable bonds is 2. The highest BCUT2D eigenvalue weighted by molar-refractivity contribution is 9.10. The molecule has 0 aliphatic rings. The maximum Gasteiger partial charge on any atom is 0.100 e. The van der Waals surface area contributed by atoms with E-state index in [0.717, 1.165) is 10.0 Å². The predicted molar refractivity (Wildman–Crippen MR) is 57.5 cm³/mol. The van der Waals surface area contributed by atoms with E-state index in [-0.39, 0.29) is 0 Å². The predicted octanol–water partition coefficient (Wildman–Crippen LogP) is 1.70. The molecule has 0 saturated carbocycles. The molecule has 14 heavy (non-hydrogen) atoms. The van der Waals surface area contributed by atoms with Gasteiger partial charge in [0.25, 0.3) is 0 Å². The molecule has 0 heterocycles. The third kappa shape index (κ3) is 2.32. The molecule has 3 N–H and O–H groups in total. The van der Waals surface area contributed by atoms with Gasteiger partial charge in [-0.15, -0.1) is 0 Å². The standard InChI is InChI=1S/C10H11BrN2O/c1-6(14)10(13)7-2-3-9(11)8(4-7)5-12/h2-4,6,10,14H,13H2,1H3/t6-,10-/m1/s1. The maximum absolute atomic E-state index is 9.29. The van der Waals surface area contributed by atoms with Crippen molar-refractivity contribution < 1.29 is 5.11 Å². The molecular formula is C10H11BrN2O. The lowest BCUT2D eigenvalue weighted by atomic mass is 10.0. The number of benzene rings is 1. The van der Waals surface area contributed by atoms with Crippen molar-refractivity contribution in [3.63, 3.8) is 0 Å². The molecule has 0 fully saturated rings. The van der Waals surface area contributed by atoms with Crippen LogP contribution in [0.5, 0.6) is 0 Å². The average molecular weight is 255 g/mol. The molecule has 0 unspecified atom stereocenters. The summed E-state index contributed by atoms with van der Waals surface area (Å²) in [6.45, 7) is 1.62. The minimum absolute atomic E-state index is 0.449. The van der Waals surface area contributed by atoms with Gasteiger partial charge in [-0.1, -0.05) is 6.07 Å². The number of aliphatic hydroxyl groups excluding tert-OH is 1. The Kier molecular flexibility index (Phi) is 3.64. The van der Waals surface area contributed by atoms with Crippen molar-refractivity contribution >= 4 is 15.9 Å². The third-order valence-corrected chi connectivity index (χ3v) is 2.71. The first-order chi connectivity index (χ1) is 6.56. The van der Waals surface area contributed by atoms with Gasteiger partial charge in [0.1, 0.15) is 6.07 Å². The highest BCUT2D eigenvalue weighted by atomic mass is 79.9. The monoisotopic (exact) mass is 254 g/mol. The minimum atomic E-state index is -0.622. The molecule has 4 heteroatoms. The number of nitrogens with zero attached hydrogens (tertiary/aromatic N) is 1. The first-order valence-corrected chi connectivity index (χ1v) is 4.98. The second kappa shape index (κ2) is 4.56. The summed E-state index contributed by atoms with van der Waals surface area (Å²) in [5.74, 6) is 0. The molecular weight excluding hydrogens is 244 g/mol. The van der Waals surface area contributed by atoms with E-state index in [0.29, 0.717) is 5.56 Å². The van der Waals surface area contributed by atoms with E-state index < -0.39 is 12.1 Å². The maximum atomic E-state index is 9.29. The van der Waals surface area contributed by atoms with Gasteiger partial charge < -0.3 is 10.8 Å². The van der Waals surface area contributed by atoms with Gasteiger partial charge in [0.2, 0.25) is 0 Å². The molecule has 1 aromatic rings. The molecule has 0 aliphatic carbocycles. The number of hydrogen-bond acceptors (Lipinski definition) is 3. The van der Waals surface area contributed by atoms with Crippen molar-refractivity contribution in [2.45, 2.75) is 19.1 Å². The Bertz CT molecular complexity index is 371. The van der Waals surface area contributed by atoms with Crippen LogP contribution in [-0.2, 0) is 0 Å². The van der Waals surface area contributed by atoms with Crippen LogP contribution in [0.1, 0.15) is 24.1 Å². The van der Waals surface area contributed by atoms with Crippen molar-refractivity contribution in [1.82, 2.24) is 0 Å². The molecule has 0 spiro atoms. The van der Waals surface area contributed by atoms with Crippen molar-refractivity contribution in [3.8, 4) is 6.07 Å². The van der Waals surface area contributed by atoms with Gasteiger partial charge >= 0.3 is 0 Å². The molecule has 74 valence electrons. The number of hydrogen-bond donors (Lipinski definition) is 2. The van der Waals surface area contributed by atoms with E-state index in [1.165, 1.54) is 0 Å². The largest absolute Gasteiger partial charge is 0.391 e. The highest BCUT2D eigenvalue weighted by Crippen LogP contribution is 2.21. The SMILES string of the molecule is C[C@@H](O)[C@@H](N)c1ccc(Br)c(C#N)c1. The van der Waals surface area contributed by atoms with Crippen molar-refractivity contribution in [2.75, 3.05) is 0 Å². The summed E-state index contributed by atoms with van der Waals surface area (Å²) in [5.41, 5.74) is 7.03. The molecule has 0 saturated heterocycles. The molecule has 3 nitrogen and oxygen atoms in total. The van der Waals surface area contributed by atoms with Gasteiger partial charge in [0.05, 0.1) is 17.7 Å². The molecule has 0 bridgehead atoms. The summed E-state index contributed by atoms with van der Waals surface area (Å²) in [7, 11) is 0. The fraction of sp³-hybridized carbons (Fsp3) is 0.300. The Balaban J connectivity index is 3.08. The van der Waals surface area contributed by atoms with E-state index in [4.69, 9.17) is 11.0 Å². The first-order valence-electron chi connectivity index (χ1n) is 4.19. The summed E-state index contributed by atoms with van der Waals surface area (Å²) in [6, 6.07) is 6.83. The Morgan fingerprint density at radius 1 is 1.57 bits per heavy atom. The zero-order valence-electron chi connectivity index (χ0n) is 7.74. The van der Waals surface area contributed by atoms with Gasteiger partial charge in [0, 0.05) is 4.47 Å². The lowest BCUT2D eigenvalue weighted by Crippen LogP contribution is -2.23. The number of halogens is 1. The molecule has 0 radical (unpaired) electrons. The van der Waals surface area contributed by atoms with Crippen LogP contribution in [0.3, 0.4) is 0 Å². The van der Waals surface area contributed by atoms with Crippen molar-refractivity contribution in [1.29, 1.82) is 5.26 Å². The fourth-order valence-electron chi connectivity index (χ4n) is 1.11. The van der Waals surface area contributed by atoms with Crippen LogP contribution >= 0.6 is 15.9 Å². The lowest BCUT2D eigenvalue weighted by molar-refractivity contribution is 0.164. The Labute approximate surface area is 91.3 Å². The summed E-state index contributed by atoms with van der Waals surface area (Å²) >= 11 is 3.25. The topological polar surface area (TPSA) is 70.0 Å². The quantitative estimate of drug-likeness (QED) is 0.844. The number of nitriles is 1. The van der Waals surface area contributed by atoms with Crippen LogP contribution in [0, 0.1) is 11.3 Å². The van der Waals surface area contributed by atoms with E-state index in [2.05, 4.69) is 15.9 Å². The van der Waals surface area contributed by atoms with Gasteiger partial charge in [-0.05, 0) is 40.5 Å². The first kappa shape index (κ1) is 11.2. The van der Waals surface area contributed by atoms with Crippen LogP contribution in [0.15, 0.2) is 22.7 Å². The van der Waals surface area contributed by atoms with Crippen LogP contribution in [0.4, 0.5) is 0 Å². The van der Waals surface area contributed by atoms with Crippen LogP contribution in [0.25, 0.3) is 0 Å². The third-order valence-electron chi connectivity index (χ3n) is 2.02. The summed E-state index contributed by atoms with van der Waals surface area (Å²) in [4.78, 5) is 0. The normalized spacial score (nSPS) is 14.5. The zero-order valence-corrected chi connectivity index (χ0v) is 9.32. The molecule has 1 aromatic carbocycles. The fourth-order valence-corrected chi connectivity index (χ4v) is 1.45. The Morgan fingerprint density at radius 3 is 2.71 bits per heavy atom. The Hall–Kier alpha value is -0.890. The van der Waals surface area contributed by atoms with Gasteiger partial charge in [-0.3, -0.25) is 0 Å². The summed E-state index contributed by atoms with van der Waals surface area (Å²) < 4.78 is 0.738. The minimum Gasteiger partial charge on any atom is -0.391 e. The second-order valence-corrected chi connectivity index (χ2v) is 3.97. The van der Waals surface area contributed by atoms with Gasteiger partial charge in [-0.2, -0.15) is 5.26 Å². The zero-order chi connectivity index (χ0) is 10.7. The molecule has 0 amide bonds. The molecule has 0 aliphatic heterocycles. The van der Waals surface area contributed by atoms with Crippen LogP contribution < -0.4 is 5.73 Å². The average Bonchev–Trinajstić information content (AvgIpc) is 2.17. The van der Waals surface area contributed by atoms with E-state index in [9.17, 15) is 5.11 Å². The van der Waals surface area contributed by atoms with E-state index in [1.54, 1.807) is 25.1 Å². The second-order valence-electron chi connectivity index (χ2n) is 3.12. The van der Waals surface area contributed by atoms with Gasteiger partial charge in [-0.25, -0.2) is 0 Å². The Morgan fingerprint density at radius 2 is 2.21 bits per heavy atom. The smallest absolute Gasteiger partial charge is 0.100 e. The highest BCUT2D eigenvalue weighted by Gasteiger charge is 2.13. The number of nitrogens with two attached hydrogens (primary N) is 1. The summed E-state index contributed by atoms with van der Waals surface area (Å²) in [5, 5.41) is 18.1. The lowest BCUT2D eigenvalue weighted by Gasteiger charge is -2.15. The molecule has 1 rings (SSSR count). The van der Waals surface area contributed by atoms with E-state index >= 15 is 0 Å². The number of aliphatic hydroxyl groups is 1. The van der Waals surface area contributed by atoms with Crippen LogP contribution in [-0.4, -0.2) is 11.2 Å². The van der Waals surface area contributed by atoms with Crippen LogP contribution in [0.2, 0.25) is 0 Å². The van der Waals surface area contributed by atoms with Crippen molar-refractivity contribution in [3.05, 3.63) is 33.8 Å². The van der Waals surface area contributed by atoms with Gasteiger partial charge in [0.15, 0.2) is 0 Å².